The van der Waals surface area contributed by atoms with E-state index in [0.717, 1.165) is 24.0 Å². The maximum absolute atomic E-state index is 11.1. The summed E-state index contributed by atoms with van der Waals surface area (Å²) < 4.78 is 31.3. The lowest BCUT2D eigenvalue weighted by Crippen LogP contribution is -2.17. The van der Waals surface area contributed by atoms with Gasteiger partial charge in [-0.1, -0.05) is 24.3 Å². The molecule has 1 aliphatic carbocycles. The van der Waals surface area contributed by atoms with Gasteiger partial charge in [-0.05, 0) is 30.4 Å². The molecular formula is C10H12O3S. The van der Waals surface area contributed by atoms with Gasteiger partial charge in [-0.2, -0.15) is 8.42 Å². The lowest BCUT2D eigenvalue weighted by molar-refractivity contribution is 0.457. The first kappa shape index (κ1) is 9.68. The van der Waals surface area contributed by atoms with Crippen molar-refractivity contribution in [3.63, 3.8) is 0 Å². The fourth-order valence-corrected chi connectivity index (χ4v) is 3.03. The molecule has 1 aromatic rings. The first-order chi connectivity index (χ1) is 6.59. The van der Waals surface area contributed by atoms with E-state index in [4.69, 9.17) is 4.55 Å². The van der Waals surface area contributed by atoms with Gasteiger partial charge >= 0.3 is 0 Å². The standard InChI is InChI=1S/C10H12O3S/c11-14(12,13)10-7-3-5-8-4-1-2-6-9(8)10/h1-2,4,6,10H,3,5,7H2,(H,11,12,13). The zero-order chi connectivity index (χ0) is 10.2. The quantitative estimate of drug-likeness (QED) is 0.724. The predicted molar refractivity (Wildman–Crippen MR) is 53.7 cm³/mol. The third-order valence-corrected chi connectivity index (χ3v) is 3.88. The van der Waals surface area contributed by atoms with Gasteiger partial charge in [0.15, 0.2) is 0 Å². The average molecular weight is 212 g/mol. The molecule has 0 radical (unpaired) electrons. The number of hydrogen-bond donors (Lipinski definition) is 1. The van der Waals surface area contributed by atoms with Gasteiger partial charge in [0, 0.05) is 0 Å². The van der Waals surface area contributed by atoms with Crippen LogP contribution in [0.25, 0.3) is 0 Å². The molecule has 0 aliphatic heterocycles. The molecule has 0 saturated heterocycles. The second kappa shape index (κ2) is 3.37. The van der Waals surface area contributed by atoms with Crippen molar-refractivity contribution in [2.24, 2.45) is 0 Å². The number of fused-ring (bicyclic) bond motifs is 1. The summed E-state index contributed by atoms with van der Waals surface area (Å²) in [5, 5.41) is -0.715. The number of rotatable bonds is 1. The van der Waals surface area contributed by atoms with Gasteiger partial charge in [0.05, 0.1) is 0 Å². The molecule has 1 unspecified atom stereocenters. The normalized spacial score (nSPS) is 21.6. The highest BCUT2D eigenvalue weighted by atomic mass is 32.2. The fourth-order valence-electron chi connectivity index (χ4n) is 2.02. The van der Waals surface area contributed by atoms with Gasteiger partial charge in [0.25, 0.3) is 10.1 Å². The average Bonchev–Trinajstić information content (AvgIpc) is 2.15. The third-order valence-electron chi connectivity index (χ3n) is 2.67. The zero-order valence-corrected chi connectivity index (χ0v) is 8.50. The Kier molecular flexibility index (Phi) is 2.33. The largest absolute Gasteiger partial charge is 0.285 e. The van der Waals surface area contributed by atoms with Crippen LogP contribution in [0.3, 0.4) is 0 Å². The first-order valence-corrected chi connectivity index (χ1v) is 6.13. The minimum Gasteiger partial charge on any atom is -0.285 e. The Labute approximate surface area is 83.5 Å². The maximum Gasteiger partial charge on any atom is 0.271 e. The monoisotopic (exact) mass is 212 g/mol. The Morgan fingerprint density at radius 2 is 2.00 bits per heavy atom. The van der Waals surface area contributed by atoms with E-state index in [0.29, 0.717) is 6.42 Å². The highest BCUT2D eigenvalue weighted by Gasteiger charge is 2.29. The van der Waals surface area contributed by atoms with Crippen LogP contribution in [0.4, 0.5) is 0 Å². The topological polar surface area (TPSA) is 54.4 Å². The predicted octanol–water partition coefficient (Wildman–Crippen LogP) is 1.95. The molecule has 1 aromatic carbocycles. The second-order valence-corrected chi connectivity index (χ2v) is 5.19. The minimum absolute atomic E-state index is 0.524. The Morgan fingerprint density at radius 1 is 1.29 bits per heavy atom. The Hall–Kier alpha value is -0.870. The summed E-state index contributed by atoms with van der Waals surface area (Å²) in [6.07, 6.45) is 2.25. The molecule has 3 nitrogen and oxygen atoms in total. The van der Waals surface area contributed by atoms with Crippen molar-refractivity contribution < 1.29 is 13.0 Å². The van der Waals surface area contributed by atoms with Crippen molar-refractivity contribution in [2.75, 3.05) is 0 Å². The SMILES string of the molecule is O=S(=O)(O)C1CCCc2ccccc21. The highest BCUT2D eigenvalue weighted by molar-refractivity contribution is 7.86. The van der Waals surface area contributed by atoms with Crippen molar-refractivity contribution in [3.05, 3.63) is 35.4 Å². The second-order valence-electron chi connectivity index (χ2n) is 3.59. The number of hydrogen-bond acceptors (Lipinski definition) is 2. The minimum atomic E-state index is -3.94. The molecule has 0 spiro atoms. The zero-order valence-electron chi connectivity index (χ0n) is 7.68. The fraction of sp³-hybridized carbons (Fsp3) is 0.400. The Bertz CT molecular complexity index is 436. The van der Waals surface area contributed by atoms with E-state index in [1.54, 1.807) is 6.07 Å². The van der Waals surface area contributed by atoms with Crippen molar-refractivity contribution in [1.82, 2.24) is 0 Å². The van der Waals surface area contributed by atoms with Gasteiger partial charge in [-0.15, -0.1) is 0 Å². The van der Waals surface area contributed by atoms with Crippen LogP contribution in [0.1, 0.15) is 29.2 Å². The molecule has 4 heteroatoms. The molecule has 76 valence electrons. The summed E-state index contributed by atoms with van der Waals surface area (Å²) in [5.74, 6) is 0. The van der Waals surface area contributed by atoms with E-state index in [-0.39, 0.29) is 0 Å². The van der Waals surface area contributed by atoms with Crippen LogP contribution in [-0.4, -0.2) is 13.0 Å². The molecule has 1 aliphatic rings. The molecule has 0 saturated carbocycles. The third kappa shape index (κ3) is 1.67. The molecule has 0 aromatic heterocycles. The van der Waals surface area contributed by atoms with Crippen molar-refractivity contribution in [3.8, 4) is 0 Å². The molecule has 0 heterocycles. The van der Waals surface area contributed by atoms with Crippen LogP contribution in [0.15, 0.2) is 24.3 Å². The van der Waals surface area contributed by atoms with Crippen LogP contribution in [0, 0.1) is 0 Å². The van der Waals surface area contributed by atoms with Crippen molar-refractivity contribution in [2.45, 2.75) is 24.5 Å². The van der Waals surface area contributed by atoms with Crippen LogP contribution in [0.5, 0.6) is 0 Å². The van der Waals surface area contributed by atoms with E-state index >= 15 is 0 Å². The lowest BCUT2D eigenvalue weighted by Gasteiger charge is -2.22. The summed E-state index contributed by atoms with van der Waals surface area (Å²) in [5.41, 5.74) is 1.81. The molecule has 0 bridgehead atoms. The maximum atomic E-state index is 11.1. The number of benzene rings is 1. The van der Waals surface area contributed by atoms with E-state index in [1.807, 2.05) is 18.2 Å². The summed E-state index contributed by atoms with van der Waals surface area (Å²) >= 11 is 0. The Balaban J connectivity index is 2.51. The van der Waals surface area contributed by atoms with Crippen LogP contribution in [0.2, 0.25) is 0 Å². The molecule has 0 fully saturated rings. The first-order valence-electron chi connectivity index (χ1n) is 4.63. The molecule has 0 amide bonds. The van der Waals surface area contributed by atoms with Gasteiger partial charge in [-0.25, -0.2) is 0 Å². The van der Waals surface area contributed by atoms with Crippen molar-refractivity contribution >= 4 is 10.1 Å². The smallest absolute Gasteiger partial charge is 0.271 e. The van der Waals surface area contributed by atoms with E-state index in [9.17, 15) is 8.42 Å². The molecule has 2 rings (SSSR count). The van der Waals surface area contributed by atoms with Gasteiger partial charge in [0.2, 0.25) is 0 Å². The number of aryl methyl sites for hydroxylation is 1. The summed E-state index contributed by atoms with van der Waals surface area (Å²) in [6.45, 7) is 0. The lowest BCUT2D eigenvalue weighted by atomic mass is 9.91. The molecule has 1 atom stereocenters. The summed E-state index contributed by atoms with van der Waals surface area (Å²) in [7, 11) is -3.94. The molecular weight excluding hydrogens is 200 g/mol. The molecule has 14 heavy (non-hydrogen) atoms. The summed E-state index contributed by atoms with van der Waals surface area (Å²) in [4.78, 5) is 0. The highest BCUT2D eigenvalue weighted by Crippen LogP contribution is 2.34. The van der Waals surface area contributed by atoms with Crippen LogP contribution < -0.4 is 0 Å². The van der Waals surface area contributed by atoms with Gasteiger partial charge in [-0.3, -0.25) is 4.55 Å². The van der Waals surface area contributed by atoms with Gasteiger partial charge < -0.3 is 0 Å². The van der Waals surface area contributed by atoms with Crippen LogP contribution >= 0.6 is 0 Å². The summed E-state index contributed by atoms with van der Waals surface area (Å²) in [6, 6.07) is 7.41. The van der Waals surface area contributed by atoms with Gasteiger partial charge in [0.1, 0.15) is 5.25 Å². The van der Waals surface area contributed by atoms with Crippen LogP contribution in [-0.2, 0) is 16.5 Å². The van der Waals surface area contributed by atoms with E-state index in [1.165, 1.54) is 0 Å². The van der Waals surface area contributed by atoms with E-state index < -0.39 is 15.4 Å². The van der Waals surface area contributed by atoms with E-state index in [2.05, 4.69) is 0 Å². The van der Waals surface area contributed by atoms with Crippen molar-refractivity contribution in [1.29, 1.82) is 0 Å². The Morgan fingerprint density at radius 3 is 2.71 bits per heavy atom. The molecule has 1 N–H and O–H groups in total.